The lowest BCUT2D eigenvalue weighted by molar-refractivity contribution is 0.0272. The number of hydrogen-bond donors (Lipinski definition) is 2. The molecule has 2 N–H and O–H groups in total. The van der Waals surface area contributed by atoms with Gasteiger partial charge in [0.2, 0.25) is 0 Å². The van der Waals surface area contributed by atoms with Crippen molar-refractivity contribution in [3.05, 3.63) is 47.9 Å². The van der Waals surface area contributed by atoms with Crippen molar-refractivity contribution < 1.29 is 14.0 Å². The summed E-state index contributed by atoms with van der Waals surface area (Å²) in [4.78, 5) is 23.4. The van der Waals surface area contributed by atoms with Crippen molar-refractivity contribution >= 4 is 40.2 Å². The van der Waals surface area contributed by atoms with Crippen LogP contribution < -0.4 is 10.8 Å². The number of hydrogen-bond acceptors (Lipinski definition) is 5. The number of rotatable bonds is 7. The SMILES string of the molecule is CSc1ccc(Nc2c(C(=O)NOCC3CC3)c3cccnc3n2C)c(F)c1. The second-order valence-electron chi connectivity index (χ2n) is 6.81. The van der Waals surface area contributed by atoms with Crippen molar-refractivity contribution in [1.29, 1.82) is 0 Å². The Hall–Kier alpha value is -2.58. The number of anilines is 2. The smallest absolute Gasteiger partial charge is 0.279 e. The molecule has 8 heteroatoms. The molecule has 0 aliphatic heterocycles. The lowest BCUT2D eigenvalue weighted by Gasteiger charge is -2.12. The molecule has 0 spiro atoms. The summed E-state index contributed by atoms with van der Waals surface area (Å²) in [6, 6.07) is 8.54. The average Bonchev–Trinajstić information content (AvgIpc) is 3.48. The number of fused-ring (bicyclic) bond motifs is 1. The predicted molar refractivity (Wildman–Crippen MR) is 108 cm³/mol. The Morgan fingerprint density at radius 3 is 2.93 bits per heavy atom. The summed E-state index contributed by atoms with van der Waals surface area (Å²) in [5.74, 6) is 0.206. The molecule has 1 saturated carbocycles. The quantitative estimate of drug-likeness (QED) is 0.458. The summed E-state index contributed by atoms with van der Waals surface area (Å²) in [6.45, 7) is 0.502. The number of hydroxylamine groups is 1. The van der Waals surface area contributed by atoms with Crippen LogP contribution in [0.2, 0.25) is 0 Å². The first-order chi connectivity index (χ1) is 13.6. The molecule has 0 saturated heterocycles. The molecule has 4 rings (SSSR count). The number of aryl methyl sites for hydroxylation is 1. The minimum Gasteiger partial charge on any atom is -0.339 e. The van der Waals surface area contributed by atoms with Crippen molar-refractivity contribution in [3.63, 3.8) is 0 Å². The van der Waals surface area contributed by atoms with Gasteiger partial charge in [0.25, 0.3) is 5.91 Å². The zero-order valence-corrected chi connectivity index (χ0v) is 16.5. The Labute approximate surface area is 166 Å². The zero-order valence-electron chi connectivity index (χ0n) is 15.7. The largest absolute Gasteiger partial charge is 0.339 e. The Morgan fingerprint density at radius 2 is 2.21 bits per heavy atom. The van der Waals surface area contributed by atoms with E-state index in [4.69, 9.17) is 4.84 Å². The highest BCUT2D eigenvalue weighted by Gasteiger charge is 2.25. The lowest BCUT2D eigenvalue weighted by Crippen LogP contribution is -2.25. The Balaban J connectivity index is 1.69. The van der Waals surface area contributed by atoms with E-state index in [0.29, 0.717) is 34.9 Å². The molecule has 2 aromatic heterocycles. The fourth-order valence-corrected chi connectivity index (χ4v) is 3.47. The highest BCUT2D eigenvalue weighted by Crippen LogP contribution is 2.32. The van der Waals surface area contributed by atoms with Gasteiger partial charge in [0.1, 0.15) is 17.3 Å². The standard InChI is InChI=1S/C20H21FN4O2S/c1-25-18-14(4-3-9-22-18)17(20(26)24-27-11-12-5-6-12)19(25)23-16-8-7-13(28-2)10-15(16)21/h3-4,7-10,12,23H,5-6,11H2,1-2H3,(H,24,26). The molecular weight excluding hydrogens is 379 g/mol. The van der Waals surface area contributed by atoms with Crippen molar-refractivity contribution in [2.45, 2.75) is 17.7 Å². The molecule has 28 heavy (non-hydrogen) atoms. The Bertz CT molecular complexity index is 1030. The van der Waals surface area contributed by atoms with Crippen molar-refractivity contribution in [2.75, 3.05) is 18.2 Å². The van der Waals surface area contributed by atoms with Crippen LogP contribution in [0, 0.1) is 11.7 Å². The summed E-state index contributed by atoms with van der Waals surface area (Å²) in [6.07, 6.45) is 5.81. The maximum absolute atomic E-state index is 14.5. The number of carbonyl (C=O) groups excluding carboxylic acids is 1. The first kappa shape index (κ1) is 18.8. The first-order valence-corrected chi connectivity index (χ1v) is 10.3. The van der Waals surface area contributed by atoms with Gasteiger partial charge in [-0.2, -0.15) is 0 Å². The molecule has 1 aliphatic carbocycles. The second-order valence-corrected chi connectivity index (χ2v) is 7.69. The highest BCUT2D eigenvalue weighted by molar-refractivity contribution is 7.98. The summed E-state index contributed by atoms with van der Waals surface area (Å²) in [5.41, 5.74) is 3.80. The number of halogens is 1. The van der Waals surface area contributed by atoms with Crippen LogP contribution in [0.1, 0.15) is 23.2 Å². The van der Waals surface area contributed by atoms with E-state index in [-0.39, 0.29) is 17.4 Å². The number of carbonyl (C=O) groups is 1. The molecule has 1 fully saturated rings. The third kappa shape index (κ3) is 3.70. The van der Waals surface area contributed by atoms with Gasteiger partial charge in [-0.3, -0.25) is 9.63 Å². The van der Waals surface area contributed by atoms with Gasteiger partial charge in [-0.15, -0.1) is 11.8 Å². The van der Waals surface area contributed by atoms with Crippen LogP contribution in [0.5, 0.6) is 0 Å². The average molecular weight is 400 g/mol. The molecule has 0 bridgehead atoms. The molecule has 1 aliphatic rings. The van der Waals surface area contributed by atoms with Crippen LogP contribution in [-0.4, -0.2) is 28.3 Å². The third-order valence-electron chi connectivity index (χ3n) is 4.78. The predicted octanol–water partition coefficient (Wildman–Crippen LogP) is 4.25. The molecule has 0 unspecified atom stereocenters. The van der Waals surface area contributed by atoms with E-state index in [1.165, 1.54) is 17.8 Å². The number of benzene rings is 1. The Morgan fingerprint density at radius 1 is 1.39 bits per heavy atom. The number of aromatic nitrogens is 2. The van der Waals surface area contributed by atoms with Crippen molar-refractivity contribution in [1.82, 2.24) is 15.0 Å². The molecule has 1 aromatic carbocycles. The number of nitrogens with one attached hydrogen (secondary N) is 2. The monoisotopic (exact) mass is 400 g/mol. The van der Waals surface area contributed by atoms with Crippen LogP contribution in [0.25, 0.3) is 11.0 Å². The van der Waals surface area contributed by atoms with Crippen LogP contribution in [0.4, 0.5) is 15.9 Å². The van der Waals surface area contributed by atoms with E-state index in [9.17, 15) is 9.18 Å². The van der Waals surface area contributed by atoms with Gasteiger partial charge in [-0.25, -0.2) is 14.9 Å². The normalized spacial score (nSPS) is 13.7. The molecule has 0 atom stereocenters. The van der Waals surface area contributed by atoms with E-state index in [1.807, 2.05) is 18.4 Å². The number of thioether (sulfide) groups is 1. The molecule has 3 aromatic rings. The summed E-state index contributed by atoms with van der Waals surface area (Å²) in [7, 11) is 1.79. The molecule has 0 radical (unpaired) electrons. The minimum atomic E-state index is -0.388. The molecule has 6 nitrogen and oxygen atoms in total. The topological polar surface area (TPSA) is 68.2 Å². The minimum absolute atomic E-state index is 0.289. The summed E-state index contributed by atoms with van der Waals surface area (Å²) in [5, 5.41) is 3.73. The van der Waals surface area contributed by atoms with Gasteiger partial charge in [-0.1, -0.05) is 0 Å². The molecule has 146 valence electrons. The van der Waals surface area contributed by atoms with E-state index in [2.05, 4.69) is 15.8 Å². The van der Waals surface area contributed by atoms with Gasteiger partial charge in [0.15, 0.2) is 0 Å². The lowest BCUT2D eigenvalue weighted by atomic mass is 10.2. The van der Waals surface area contributed by atoms with E-state index < -0.39 is 0 Å². The fourth-order valence-electron chi connectivity index (χ4n) is 3.05. The Kier molecular flexibility index (Phi) is 5.23. The van der Waals surface area contributed by atoms with E-state index in [0.717, 1.165) is 17.7 Å². The van der Waals surface area contributed by atoms with Crippen LogP contribution in [-0.2, 0) is 11.9 Å². The third-order valence-corrected chi connectivity index (χ3v) is 5.51. The first-order valence-electron chi connectivity index (χ1n) is 9.04. The number of amides is 1. The maximum atomic E-state index is 14.5. The van der Waals surface area contributed by atoms with Gasteiger partial charge >= 0.3 is 0 Å². The van der Waals surface area contributed by atoms with Gasteiger partial charge < -0.3 is 9.88 Å². The van der Waals surface area contributed by atoms with Crippen molar-refractivity contribution in [2.24, 2.45) is 13.0 Å². The van der Waals surface area contributed by atoms with Crippen LogP contribution in [0.3, 0.4) is 0 Å². The number of pyridine rings is 1. The zero-order chi connectivity index (χ0) is 19.7. The second kappa shape index (κ2) is 7.81. The summed E-state index contributed by atoms with van der Waals surface area (Å²) < 4.78 is 16.3. The molecular formula is C20H21FN4O2S. The maximum Gasteiger partial charge on any atom is 0.279 e. The van der Waals surface area contributed by atoms with Crippen LogP contribution in [0.15, 0.2) is 41.4 Å². The van der Waals surface area contributed by atoms with Crippen LogP contribution >= 0.6 is 11.8 Å². The van der Waals surface area contributed by atoms with Crippen molar-refractivity contribution in [3.8, 4) is 0 Å². The van der Waals surface area contributed by atoms with E-state index >= 15 is 0 Å². The molecule has 1 amide bonds. The van der Waals surface area contributed by atoms with Gasteiger partial charge in [0.05, 0.1) is 17.9 Å². The molecule has 2 heterocycles. The van der Waals surface area contributed by atoms with Gasteiger partial charge in [0, 0.05) is 23.5 Å². The summed E-state index contributed by atoms with van der Waals surface area (Å²) >= 11 is 1.47. The van der Waals surface area contributed by atoms with Gasteiger partial charge in [-0.05, 0) is 55.3 Å². The number of nitrogens with zero attached hydrogens (tertiary/aromatic N) is 2. The highest BCUT2D eigenvalue weighted by atomic mass is 32.2. The fraction of sp³-hybridized carbons (Fsp3) is 0.300. The van der Waals surface area contributed by atoms with E-state index in [1.54, 1.807) is 29.9 Å².